The second-order valence-electron chi connectivity index (χ2n) is 4.11. The Morgan fingerprint density at radius 1 is 1.11 bits per heavy atom. The summed E-state index contributed by atoms with van der Waals surface area (Å²) in [6.07, 6.45) is 6.19. The molecule has 1 unspecified atom stereocenters. The smallest absolute Gasteiger partial charge is 0.332 e. The molecule has 1 aromatic carbocycles. The van der Waals surface area contributed by atoms with Crippen molar-refractivity contribution in [1.82, 2.24) is 0 Å². The number of carbonyl (C=O) groups is 2. The highest BCUT2D eigenvalue weighted by atomic mass is 16.4. The van der Waals surface area contributed by atoms with Gasteiger partial charge in [-0.2, -0.15) is 0 Å². The van der Waals surface area contributed by atoms with Crippen LogP contribution in [-0.4, -0.2) is 22.2 Å². The molecule has 0 heterocycles. The van der Waals surface area contributed by atoms with Crippen LogP contribution in [-0.2, 0) is 9.59 Å². The normalized spacial score (nSPS) is 20.1. The number of hydrogen-bond acceptors (Lipinski definition) is 2. The predicted molar refractivity (Wildman–Crippen MR) is 70.4 cm³/mol. The second-order valence-corrected chi connectivity index (χ2v) is 4.11. The standard InChI is InChI=1S/C15H12O4/c16-14(17)12-8-4-7-11(13(12)15(18)19)9-10-5-2-1-3-6-10/h1-9,13H,(H,16,17)(H,18,19)/b11-9-. The maximum atomic E-state index is 11.3. The van der Waals surface area contributed by atoms with Crippen LogP contribution in [0, 0.1) is 5.92 Å². The molecule has 0 saturated heterocycles. The summed E-state index contributed by atoms with van der Waals surface area (Å²) < 4.78 is 0. The van der Waals surface area contributed by atoms with Crippen molar-refractivity contribution < 1.29 is 19.8 Å². The summed E-state index contributed by atoms with van der Waals surface area (Å²) in [5.41, 5.74) is 1.16. The molecule has 0 aromatic heterocycles. The second kappa shape index (κ2) is 5.35. The molecule has 2 rings (SSSR count). The lowest BCUT2D eigenvalue weighted by molar-refractivity contribution is -0.142. The Kier molecular flexibility index (Phi) is 3.61. The minimum atomic E-state index is -1.21. The molecule has 1 aliphatic carbocycles. The number of carboxylic acid groups (broad SMARTS) is 2. The first-order valence-corrected chi connectivity index (χ1v) is 5.70. The van der Waals surface area contributed by atoms with Gasteiger partial charge in [-0.05, 0) is 11.1 Å². The molecule has 96 valence electrons. The summed E-state index contributed by atoms with van der Waals surface area (Å²) in [6.45, 7) is 0. The average Bonchev–Trinajstić information content (AvgIpc) is 2.39. The number of carboxylic acids is 2. The van der Waals surface area contributed by atoms with Crippen molar-refractivity contribution in [2.45, 2.75) is 0 Å². The van der Waals surface area contributed by atoms with Crippen molar-refractivity contribution in [2.24, 2.45) is 5.92 Å². The quantitative estimate of drug-likeness (QED) is 0.870. The van der Waals surface area contributed by atoms with Gasteiger partial charge in [0.05, 0.1) is 5.57 Å². The third-order valence-electron chi connectivity index (χ3n) is 2.84. The lowest BCUT2D eigenvalue weighted by Gasteiger charge is -2.17. The fourth-order valence-corrected chi connectivity index (χ4v) is 1.98. The Bertz CT molecular complexity index is 594. The largest absolute Gasteiger partial charge is 0.481 e. The summed E-state index contributed by atoms with van der Waals surface area (Å²) in [4.78, 5) is 22.4. The molecular weight excluding hydrogens is 244 g/mol. The number of aliphatic carboxylic acids is 2. The van der Waals surface area contributed by atoms with Crippen LogP contribution in [0.5, 0.6) is 0 Å². The number of hydrogen-bond donors (Lipinski definition) is 2. The van der Waals surface area contributed by atoms with E-state index in [2.05, 4.69) is 0 Å². The average molecular weight is 256 g/mol. The monoisotopic (exact) mass is 256 g/mol. The highest BCUT2D eigenvalue weighted by Gasteiger charge is 2.31. The molecule has 0 amide bonds. The molecule has 2 N–H and O–H groups in total. The third kappa shape index (κ3) is 2.80. The molecule has 1 aromatic rings. The van der Waals surface area contributed by atoms with Crippen LogP contribution in [0.15, 0.2) is 59.7 Å². The van der Waals surface area contributed by atoms with E-state index in [0.717, 1.165) is 5.56 Å². The van der Waals surface area contributed by atoms with E-state index in [1.165, 1.54) is 6.08 Å². The van der Waals surface area contributed by atoms with Gasteiger partial charge in [-0.3, -0.25) is 4.79 Å². The van der Waals surface area contributed by atoms with E-state index >= 15 is 0 Å². The first-order valence-electron chi connectivity index (χ1n) is 5.70. The first kappa shape index (κ1) is 12.8. The molecule has 4 heteroatoms. The molecule has 0 aliphatic heterocycles. The van der Waals surface area contributed by atoms with Gasteiger partial charge in [0.25, 0.3) is 0 Å². The Balaban J connectivity index is 2.44. The highest BCUT2D eigenvalue weighted by Crippen LogP contribution is 2.28. The molecule has 19 heavy (non-hydrogen) atoms. The van der Waals surface area contributed by atoms with Crippen LogP contribution >= 0.6 is 0 Å². The summed E-state index contributed by atoms with van der Waals surface area (Å²) in [7, 11) is 0. The van der Waals surface area contributed by atoms with Crippen molar-refractivity contribution in [1.29, 1.82) is 0 Å². The van der Waals surface area contributed by atoms with Gasteiger partial charge in [-0.1, -0.05) is 54.6 Å². The van der Waals surface area contributed by atoms with Crippen molar-refractivity contribution in [3.05, 3.63) is 65.3 Å². The van der Waals surface area contributed by atoms with Gasteiger partial charge in [0.1, 0.15) is 5.92 Å². The Morgan fingerprint density at radius 3 is 2.37 bits per heavy atom. The predicted octanol–water partition coefficient (Wildman–Crippen LogP) is 2.35. The van der Waals surface area contributed by atoms with Crippen LogP contribution < -0.4 is 0 Å². The van der Waals surface area contributed by atoms with E-state index in [4.69, 9.17) is 5.11 Å². The van der Waals surface area contributed by atoms with Crippen LogP contribution in [0.25, 0.3) is 6.08 Å². The van der Waals surface area contributed by atoms with Crippen LogP contribution in [0.4, 0.5) is 0 Å². The van der Waals surface area contributed by atoms with Gasteiger partial charge >= 0.3 is 11.9 Å². The van der Waals surface area contributed by atoms with E-state index in [0.29, 0.717) is 5.57 Å². The van der Waals surface area contributed by atoms with E-state index < -0.39 is 17.9 Å². The van der Waals surface area contributed by atoms with Crippen LogP contribution in [0.1, 0.15) is 5.56 Å². The van der Waals surface area contributed by atoms with E-state index in [-0.39, 0.29) is 5.57 Å². The van der Waals surface area contributed by atoms with Gasteiger partial charge in [0.15, 0.2) is 0 Å². The molecule has 0 fully saturated rings. The fourth-order valence-electron chi connectivity index (χ4n) is 1.98. The lowest BCUT2D eigenvalue weighted by Crippen LogP contribution is -2.24. The van der Waals surface area contributed by atoms with Crippen molar-refractivity contribution >= 4 is 18.0 Å². The van der Waals surface area contributed by atoms with Gasteiger partial charge in [-0.15, -0.1) is 0 Å². The zero-order valence-electron chi connectivity index (χ0n) is 9.98. The van der Waals surface area contributed by atoms with Gasteiger partial charge in [-0.25, -0.2) is 4.79 Å². The van der Waals surface area contributed by atoms with Crippen LogP contribution in [0.3, 0.4) is 0 Å². The fraction of sp³-hybridized carbons (Fsp3) is 0.0667. The zero-order chi connectivity index (χ0) is 13.8. The molecule has 1 aliphatic rings. The maximum Gasteiger partial charge on any atom is 0.332 e. The third-order valence-corrected chi connectivity index (χ3v) is 2.84. The van der Waals surface area contributed by atoms with E-state index in [1.807, 2.05) is 30.3 Å². The summed E-state index contributed by atoms with van der Waals surface area (Å²) in [5, 5.41) is 18.3. The highest BCUT2D eigenvalue weighted by molar-refractivity contribution is 5.97. The Hall–Kier alpha value is -2.62. The minimum Gasteiger partial charge on any atom is -0.481 e. The van der Waals surface area contributed by atoms with Gasteiger partial charge < -0.3 is 10.2 Å². The molecular formula is C15H12O4. The zero-order valence-corrected chi connectivity index (χ0v) is 9.98. The molecule has 0 bridgehead atoms. The molecule has 4 nitrogen and oxygen atoms in total. The minimum absolute atomic E-state index is 0.128. The number of rotatable bonds is 3. The molecule has 1 atom stereocenters. The summed E-state index contributed by atoms with van der Waals surface area (Å²) in [6, 6.07) is 9.19. The topological polar surface area (TPSA) is 74.6 Å². The van der Waals surface area contributed by atoms with E-state index in [1.54, 1.807) is 18.2 Å². The first-order chi connectivity index (χ1) is 9.09. The van der Waals surface area contributed by atoms with Crippen molar-refractivity contribution in [3.8, 4) is 0 Å². The SMILES string of the molecule is O=C(O)C1=CC=C/C(=C/c2ccccc2)C1C(=O)O. The molecule has 0 saturated carbocycles. The lowest BCUT2D eigenvalue weighted by atomic mass is 9.86. The van der Waals surface area contributed by atoms with Gasteiger partial charge in [0, 0.05) is 0 Å². The molecule has 0 radical (unpaired) electrons. The molecule has 0 spiro atoms. The Morgan fingerprint density at radius 2 is 1.79 bits per heavy atom. The van der Waals surface area contributed by atoms with Gasteiger partial charge in [0.2, 0.25) is 0 Å². The van der Waals surface area contributed by atoms with Crippen molar-refractivity contribution in [3.63, 3.8) is 0 Å². The number of allylic oxidation sites excluding steroid dienone is 3. The van der Waals surface area contributed by atoms with Crippen molar-refractivity contribution in [2.75, 3.05) is 0 Å². The summed E-state index contributed by atoms with van der Waals surface area (Å²) >= 11 is 0. The summed E-state index contributed by atoms with van der Waals surface area (Å²) in [5.74, 6) is -3.52. The maximum absolute atomic E-state index is 11.3. The number of benzene rings is 1. The van der Waals surface area contributed by atoms with Crippen LogP contribution in [0.2, 0.25) is 0 Å². The Labute approximate surface area is 110 Å². The van der Waals surface area contributed by atoms with E-state index in [9.17, 15) is 14.7 Å².